The normalized spacial score (nSPS) is 29.6. The van der Waals surface area contributed by atoms with E-state index in [2.05, 4.69) is 13.0 Å². The van der Waals surface area contributed by atoms with Crippen molar-refractivity contribution in [2.75, 3.05) is 0 Å². The molecule has 0 N–H and O–H groups in total. The summed E-state index contributed by atoms with van der Waals surface area (Å²) < 4.78 is 5.58. The predicted octanol–water partition coefficient (Wildman–Crippen LogP) is 5.40. The molecule has 3 nitrogen and oxygen atoms in total. The Kier molecular flexibility index (Phi) is 5.78. The Labute approximate surface area is 151 Å². The molecule has 0 aliphatic heterocycles. The third-order valence-corrected chi connectivity index (χ3v) is 6.37. The lowest BCUT2D eigenvalue weighted by molar-refractivity contribution is -0.140. The molecule has 2 aliphatic carbocycles. The summed E-state index contributed by atoms with van der Waals surface area (Å²) in [6.45, 7) is 4.24. The molecule has 2 saturated carbocycles. The summed E-state index contributed by atoms with van der Waals surface area (Å²) in [6.07, 6.45) is 9.79. The first kappa shape index (κ1) is 18.0. The van der Waals surface area contributed by atoms with E-state index in [0.717, 1.165) is 36.2 Å². The van der Waals surface area contributed by atoms with Crippen molar-refractivity contribution in [3.05, 3.63) is 29.3 Å². The molecule has 0 atom stereocenters. The van der Waals surface area contributed by atoms with E-state index in [1.54, 1.807) is 18.2 Å². The molecular formula is C22H29NO2. The monoisotopic (exact) mass is 339 g/mol. The second-order valence-electron chi connectivity index (χ2n) is 8.14. The van der Waals surface area contributed by atoms with Crippen LogP contribution in [0, 0.1) is 41.9 Å². The van der Waals surface area contributed by atoms with Crippen molar-refractivity contribution >= 4 is 5.97 Å². The highest BCUT2D eigenvalue weighted by atomic mass is 16.5. The molecule has 0 amide bonds. The maximum atomic E-state index is 12.5. The largest absolute Gasteiger partial charge is 0.426 e. The molecule has 0 heterocycles. The van der Waals surface area contributed by atoms with Gasteiger partial charge in [0.05, 0.1) is 17.6 Å². The number of benzene rings is 1. The van der Waals surface area contributed by atoms with Crippen molar-refractivity contribution in [1.29, 1.82) is 5.26 Å². The van der Waals surface area contributed by atoms with E-state index in [9.17, 15) is 4.79 Å². The summed E-state index contributed by atoms with van der Waals surface area (Å²) in [5.41, 5.74) is 1.48. The van der Waals surface area contributed by atoms with Gasteiger partial charge < -0.3 is 4.74 Å². The Bertz CT molecular complexity index is 644. The molecule has 1 aromatic rings. The van der Waals surface area contributed by atoms with Gasteiger partial charge in [0, 0.05) is 0 Å². The fourth-order valence-corrected chi connectivity index (χ4v) is 4.61. The van der Waals surface area contributed by atoms with Crippen molar-refractivity contribution in [3.8, 4) is 11.8 Å². The fourth-order valence-electron chi connectivity index (χ4n) is 4.61. The minimum absolute atomic E-state index is 0.0368. The number of ether oxygens (including phenoxy) is 1. The van der Waals surface area contributed by atoms with Gasteiger partial charge in [-0.1, -0.05) is 19.8 Å². The zero-order valence-electron chi connectivity index (χ0n) is 15.5. The molecule has 2 aliphatic rings. The Morgan fingerprint density at radius 3 is 2.20 bits per heavy atom. The molecule has 0 spiro atoms. The fraction of sp³-hybridized carbons (Fsp3) is 0.636. The van der Waals surface area contributed by atoms with Crippen LogP contribution in [0.5, 0.6) is 5.75 Å². The molecule has 1 aromatic carbocycles. The van der Waals surface area contributed by atoms with E-state index in [4.69, 9.17) is 10.00 Å². The van der Waals surface area contributed by atoms with Gasteiger partial charge in [-0.3, -0.25) is 4.79 Å². The van der Waals surface area contributed by atoms with Crippen molar-refractivity contribution in [2.24, 2.45) is 23.7 Å². The van der Waals surface area contributed by atoms with Crippen molar-refractivity contribution in [2.45, 2.75) is 65.2 Å². The Morgan fingerprint density at radius 2 is 1.64 bits per heavy atom. The minimum Gasteiger partial charge on any atom is -0.426 e. The van der Waals surface area contributed by atoms with Gasteiger partial charge in [0.1, 0.15) is 5.75 Å². The summed E-state index contributed by atoms with van der Waals surface area (Å²) in [5.74, 6) is 3.10. The van der Waals surface area contributed by atoms with E-state index < -0.39 is 0 Å². The van der Waals surface area contributed by atoms with Crippen molar-refractivity contribution < 1.29 is 9.53 Å². The van der Waals surface area contributed by atoms with Crippen LogP contribution in [0.4, 0.5) is 0 Å². The lowest BCUT2D eigenvalue weighted by Gasteiger charge is -2.36. The molecular weight excluding hydrogens is 310 g/mol. The highest BCUT2D eigenvalue weighted by Crippen LogP contribution is 2.41. The van der Waals surface area contributed by atoms with Crippen molar-refractivity contribution in [1.82, 2.24) is 0 Å². The molecule has 0 aromatic heterocycles. The number of carbonyl (C=O) groups excluding carboxylic acids is 1. The summed E-state index contributed by atoms with van der Waals surface area (Å²) in [4.78, 5) is 12.5. The van der Waals surface area contributed by atoms with Crippen LogP contribution >= 0.6 is 0 Å². The lowest BCUT2D eigenvalue weighted by Crippen LogP contribution is -2.29. The van der Waals surface area contributed by atoms with Gasteiger partial charge in [-0.2, -0.15) is 5.26 Å². The zero-order chi connectivity index (χ0) is 17.8. The third kappa shape index (κ3) is 4.42. The van der Waals surface area contributed by atoms with E-state index in [-0.39, 0.29) is 11.9 Å². The smallest absolute Gasteiger partial charge is 0.314 e. The van der Waals surface area contributed by atoms with Crippen LogP contribution in [-0.4, -0.2) is 5.97 Å². The molecule has 0 saturated heterocycles. The van der Waals surface area contributed by atoms with Gasteiger partial charge in [-0.05, 0) is 87.0 Å². The van der Waals surface area contributed by atoms with Gasteiger partial charge in [-0.25, -0.2) is 0 Å². The number of nitrogens with zero attached hydrogens (tertiary/aromatic N) is 1. The van der Waals surface area contributed by atoms with Gasteiger partial charge >= 0.3 is 5.97 Å². The van der Waals surface area contributed by atoms with Gasteiger partial charge in [0.2, 0.25) is 0 Å². The quantitative estimate of drug-likeness (QED) is 0.547. The number of hydrogen-bond donors (Lipinski definition) is 0. The molecule has 2 fully saturated rings. The number of esters is 1. The lowest BCUT2D eigenvalue weighted by atomic mass is 9.69. The second-order valence-corrected chi connectivity index (χ2v) is 8.14. The highest BCUT2D eigenvalue weighted by Gasteiger charge is 2.33. The Balaban J connectivity index is 1.50. The van der Waals surface area contributed by atoms with E-state index in [1.165, 1.54) is 38.5 Å². The van der Waals surface area contributed by atoms with Gasteiger partial charge in [0.25, 0.3) is 0 Å². The van der Waals surface area contributed by atoms with E-state index >= 15 is 0 Å². The number of aryl methyl sites for hydroxylation is 1. The SMILES string of the molecule is Cc1cc(OC(=O)C2CCC(C3CCC(C)CC3)CC2)ccc1C#N. The van der Waals surface area contributed by atoms with Crippen LogP contribution in [-0.2, 0) is 4.79 Å². The molecule has 3 rings (SSSR count). The number of rotatable bonds is 3. The van der Waals surface area contributed by atoms with Crippen LogP contribution < -0.4 is 4.74 Å². The first-order valence-corrected chi connectivity index (χ1v) is 9.79. The first-order valence-electron chi connectivity index (χ1n) is 9.79. The van der Waals surface area contributed by atoms with E-state index in [0.29, 0.717) is 11.3 Å². The summed E-state index contributed by atoms with van der Waals surface area (Å²) >= 11 is 0. The number of nitriles is 1. The Hall–Kier alpha value is -1.82. The van der Waals surface area contributed by atoms with Crippen LogP contribution in [0.3, 0.4) is 0 Å². The minimum atomic E-state index is -0.0974. The number of carbonyl (C=O) groups is 1. The molecule has 25 heavy (non-hydrogen) atoms. The maximum absolute atomic E-state index is 12.5. The topological polar surface area (TPSA) is 50.1 Å². The van der Waals surface area contributed by atoms with Gasteiger partial charge in [-0.15, -0.1) is 0 Å². The van der Waals surface area contributed by atoms with Crippen molar-refractivity contribution in [3.63, 3.8) is 0 Å². The van der Waals surface area contributed by atoms with Crippen LogP contribution in [0.15, 0.2) is 18.2 Å². The molecule has 0 unspecified atom stereocenters. The Morgan fingerprint density at radius 1 is 1.04 bits per heavy atom. The van der Waals surface area contributed by atoms with Gasteiger partial charge in [0.15, 0.2) is 0 Å². The average molecular weight is 339 g/mol. The summed E-state index contributed by atoms with van der Waals surface area (Å²) in [7, 11) is 0. The summed E-state index contributed by atoms with van der Waals surface area (Å²) in [5, 5.41) is 8.98. The molecule has 0 radical (unpaired) electrons. The van der Waals surface area contributed by atoms with Crippen LogP contribution in [0.2, 0.25) is 0 Å². The summed E-state index contributed by atoms with van der Waals surface area (Å²) in [6, 6.07) is 7.36. The maximum Gasteiger partial charge on any atom is 0.314 e. The highest BCUT2D eigenvalue weighted by molar-refractivity contribution is 5.75. The van der Waals surface area contributed by atoms with E-state index in [1.807, 2.05) is 6.92 Å². The first-order chi connectivity index (χ1) is 12.1. The molecule has 134 valence electrons. The second kappa shape index (κ2) is 8.04. The zero-order valence-corrected chi connectivity index (χ0v) is 15.5. The predicted molar refractivity (Wildman–Crippen MR) is 98.1 cm³/mol. The average Bonchev–Trinajstić information content (AvgIpc) is 2.63. The third-order valence-electron chi connectivity index (χ3n) is 6.37. The van der Waals surface area contributed by atoms with Crippen LogP contribution in [0.25, 0.3) is 0 Å². The molecule has 0 bridgehead atoms. The standard InChI is InChI=1S/C22H29NO2/c1-15-3-5-17(6-4-15)18-7-9-19(10-8-18)22(24)25-21-12-11-20(14-23)16(2)13-21/h11-13,15,17-19H,3-10H2,1-2H3. The molecule has 3 heteroatoms. The number of hydrogen-bond acceptors (Lipinski definition) is 3. The van der Waals surface area contributed by atoms with Crippen LogP contribution in [0.1, 0.15) is 69.4 Å².